The fourth-order valence-electron chi connectivity index (χ4n) is 2.80. The van der Waals surface area contributed by atoms with Crippen molar-refractivity contribution in [3.63, 3.8) is 0 Å². The highest BCUT2D eigenvalue weighted by atomic mass is 16.4. The molecule has 5 nitrogen and oxygen atoms in total. The van der Waals surface area contributed by atoms with Gasteiger partial charge in [0.05, 0.1) is 0 Å². The molecule has 0 atom stereocenters. The first-order valence-corrected chi connectivity index (χ1v) is 7.37. The second kappa shape index (κ2) is 6.16. The fraction of sp³-hybridized carbons (Fsp3) is 0.500. The van der Waals surface area contributed by atoms with Crippen LogP contribution in [0, 0.1) is 6.92 Å². The van der Waals surface area contributed by atoms with Crippen LogP contribution in [0.4, 0.5) is 5.69 Å². The maximum absolute atomic E-state index is 12.4. The Morgan fingerprint density at radius 2 is 1.81 bits per heavy atom. The Balaban J connectivity index is 2.21. The molecule has 1 fully saturated rings. The Hall–Kier alpha value is -2.04. The quantitative estimate of drug-likeness (QED) is 0.589. The number of anilines is 1. The lowest BCUT2D eigenvalue weighted by Crippen LogP contribution is -2.54. The average Bonchev–Trinajstić information content (AvgIpc) is 2.68. The molecule has 0 spiro atoms. The predicted octanol–water partition coefficient (Wildman–Crippen LogP) is 2.48. The van der Waals surface area contributed by atoms with E-state index in [0.29, 0.717) is 24.1 Å². The van der Waals surface area contributed by atoms with E-state index in [1.165, 1.54) is 0 Å². The highest BCUT2D eigenvalue weighted by Crippen LogP contribution is 2.28. The highest BCUT2D eigenvalue weighted by Gasteiger charge is 2.40. The van der Waals surface area contributed by atoms with Crippen LogP contribution in [-0.4, -0.2) is 22.5 Å². The zero-order valence-electron chi connectivity index (χ0n) is 12.3. The molecule has 2 rings (SSSR count). The molecule has 0 radical (unpaired) electrons. The van der Waals surface area contributed by atoms with Gasteiger partial charge in [0.2, 0.25) is 0 Å². The molecule has 0 saturated heterocycles. The lowest BCUT2D eigenvalue weighted by Gasteiger charge is -2.29. The summed E-state index contributed by atoms with van der Waals surface area (Å²) in [6, 6.07) is 5.04. The van der Waals surface area contributed by atoms with Gasteiger partial charge < -0.3 is 16.2 Å². The van der Waals surface area contributed by atoms with Crippen molar-refractivity contribution in [2.75, 3.05) is 5.73 Å². The van der Waals surface area contributed by atoms with Crippen molar-refractivity contribution in [3.05, 3.63) is 29.3 Å². The number of nitrogen functional groups attached to an aromatic ring is 1. The molecule has 1 amide bonds. The Labute approximate surface area is 124 Å². The second-order valence-electron chi connectivity index (χ2n) is 5.83. The Morgan fingerprint density at radius 3 is 2.33 bits per heavy atom. The molecule has 0 heterocycles. The van der Waals surface area contributed by atoms with Crippen molar-refractivity contribution in [1.29, 1.82) is 0 Å². The smallest absolute Gasteiger partial charge is 0.329 e. The number of carboxylic acids is 1. The van der Waals surface area contributed by atoms with Crippen molar-refractivity contribution in [3.8, 4) is 0 Å². The van der Waals surface area contributed by atoms with Gasteiger partial charge in [-0.15, -0.1) is 0 Å². The van der Waals surface area contributed by atoms with Gasteiger partial charge in [-0.1, -0.05) is 31.7 Å². The molecular weight excluding hydrogens is 268 g/mol. The number of amides is 1. The summed E-state index contributed by atoms with van der Waals surface area (Å²) in [4.78, 5) is 24.0. The van der Waals surface area contributed by atoms with Crippen molar-refractivity contribution in [1.82, 2.24) is 5.32 Å². The largest absolute Gasteiger partial charge is 0.480 e. The third kappa shape index (κ3) is 3.35. The fourth-order valence-corrected chi connectivity index (χ4v) is 2.80. The number of hydrogen-bond donors (Lipinski definition) is 3. The van der Waals surface area contributed by atoms with E-state index in [1.807, 2.05) is 6.92 Å². The minimum Gasteiger partial charge on any atom is -0.480 e. The van der Waals surface area contributed by atoms with Crippen molar-refractivity contribution in [2.24, 2.45) is 0 Å². The lowest BCUT2D eigenvalue weighted by atomic mass is 9.89. The molecule has 4 N–H and O–H groups in total. The van der Waals surface area contributed by atoms with Crippen molar-refractivity contribution in [2.45, 2.75) is 51.0 Å². The standard InChI is InChI=1S/C16H22N2O3/c1-11-6-7-12(10-13(11)17)14(19)18-16(15(20)21)8-4-2-3-5-9-16/h6-7,10H,2-5,8-9,17H2,1H3,(H,18,19)(H,20,21). The molecule has 0 bridgehead atoms. The zero-order chi connectivity index (χ0) is 15.5. The van der Waals surface area contributed by atoms with Crippen LogP contribution >= 0.6 is 0 Å². The number of carboxylic acid groups (broad SMARTS) is 1. The zero-order valence-corrected chi connectivity index (χ0v) is 12.3. The molecule has 0 unspecified atom stereocenters. The SMILES string of the molecule is Cc1ccc(C(=O)NC2(C(=O)O)CCCCCC2)cc1N. The van der Waals surface area contributed by atoms with E-state index in [0.717, 1.165) is 31.2 Å². The number of nitrogens with one attached hydrogen (secondary N) is 1. The van der Waals surface area contributed by atoms with Gasteiger partial charge in [0.1, 0.15) is 5.54 Å². The minimum atomic E-state index is -1.15. The summed E-state index contributed by atoms with van der Waals surface area (Å²) in [5.74, 6) is -1.32. The van der Waals surface area contributed by atoms with Crippen LogP contribution in [0.1, 0.15) is 54.4 Å². The summed E-state index contributed by atoms with van der Waals surface area (Å²) < 4.78 is 0. The van der Waals surface area contributed by atoms with Gasteiger partial charge in [0.15, 0.2) is 0 Å². The van der Waals surface area contributed by atoms with E-state index in [4.69, 9.17) is 5.73 Å². The predicted molar refractivity (Wildman–Crippen MR) is 81.1 cm³/mol. The Kier molecular flexibility index (Phi) is 4.50. The van der Waals surface area contributed by atoms with Gasteiger partial charge in [0.25, 0.3) is 5.91 Å². The number of aliphatic carboxylic acids is 1. The normalized spacial score (nSPS) is 17.8. The number of rotatable bonds is 3. The maximum Gasteiger partial charge on any atom is 0.329 e. The lowest BCUT2D eigenvalue weighted by molar-refractivity contribution is -0.145. The van der Waals surface area contributed by atoms with Crippen LogP contribution in [0.25, 0.3) is 0 Å². The number of benzene rings is 1. The van der Waals surface area contributed by atoms with Gasteiger partial charge in [0, 0.05) is 11.3 Å². The van der Waals surface area contributed by atoms with E-state index in [9.17, 15) is 14.7 Å². The summed E-state index contributed by atoms with van der Waals surface area (Å²) in [6.07, 6.45) is 4.64. The van der Waals surface area contributed by atoms with Crippen LogP contribution < -0.4 is 11.1 Å². The number of aryl methyl sites for hydroxylation is 1. The second-order valence-corrected chi connectivity index (χ2v) is 5.83. The molecule has 1 saturated carbocycles. The van der Waals surface area contributed by atoms with Gasteiger partial charge in [-0.3, -0.25) is 4.79 Å². The monoisotopic (exact) mass is 290 g/mol. The molecule has 114 valence electrons. The number of nitrogens with two attached hydrogens (primary N) is 1. The van der Waals surface area contributed by atoms with E-state index >= 15 is 0 Å². The molecular formula is C16H22N2O3. The third-order valence-electron chi connectivity index (χ3n) is 4.26. The first kappa shape index (κ1) is 15.4. The van der Waals surface area contributed by atoms with Crippen LogP contribution in [0.2, 0.25) is 0 Å². The van der Waals surface area contributed by atoms with Crippen LogP contribution in [0.5, 0.6) is 0 Å². The van der Waals surface area contributed by atoms with Crippen LogP contribution in [-0.2, 0) is 4.79 Å². The Bertz CT molecular complexity index is 546. The molecule has 5 heteroatoms. The first-order valence-electron chi connectivity index (χ1n) is 7.37. The molecule has 1 aromatic rings. The van der Waals surface area contributed by atoms with Crippen LogP contribution in [0.15, 0.2) is 18.2 Å². The number of carbonyl (C=O) groups is 2. The first-order chi connectivity index (χ1) is 9.94. The maximum atomic E-state index is 12.4. The summed E-state index contributed by atoms with van der Waals surface area (Å²) in [5, 5.41) is 12.3. The van der Waals surface area contributed by atoms with Gasteiger partial charge >= 0.3 is 5.97 Å². The summed E-state index contributed by atoms with van der Waals surface area (Å²) in [7, 11) is 0. The van der Waals surface area contributed by atoms with E-state index in [1.54, 1.807) is 18.2 Å². The molecule has 0 aromatic heterocycles. The van der Waals surface area contributed by atoms with Crippen LogP contribution in [0.3, 0.4) is 0 Å². The highest BCUT2D eigenvalue weighted by molar-refractivity contribution is 5.98. The summed E-state index contributed by atoms with van der Waals surface area (Å²) in [6.45, 7) is 1.86. The summed E-state index contributed by atoms with van der Waals surface area (Å²) >= 11 is 0. The minimum absolute atomic E-state index is 0.369. The van der Waals surface area contributed by atoms with Gasteiger partial charge in [-0.05, 0) is 37.5 Å². The topological polar surface area (TPSA) is 92.4 Å². The average molecular weight is 290 g/mol. The van der Waals surface area contributed by atoms with Gasteiger partial charge in [-0.25, -0.2) is 4.79 Å². The van der Waals surface area contributed by atoms with Crippen molar-refractivity contribution < 1.29 is 14.7 Å². The van der Waals surface area contributed by atoms with E-state index < -0.39 is 11.5 Å². The molecule has 1 aromatic carbocycles. The number of hydrogen-bond acceptors (Lipinski definition) is 3. The van der Waals surface area contributed by atoms with Crippen molar-refractivity contribution >= 4 is 17.6 Å². The number of carbonyl (C=O) groups excluding carboxylic acids is 1. The molecule has 0 aliphatic heterocycles. The summed E-state index contributed by atoms with van der Waals surface area (Å²) in [5.41, 5.74) is 6.51. The molecule has 1 aliphatic rings. The molecule has 1 aliphatic carbocycles. The Morgan fingerprint density at radius 1 is 1.19 bits per heavy atom. The van der Waals surface area contributed by atoms with E-state index in [2.05, 4.69) is 5.32 Å². The van der Waals surface area contributed by atoms with E-state index in [-0.39, 0.29) is 5.91 Å². The molecule has 21 heavy (non-hydrogen) atoms. The third-order valence-corrected chi connectivity index (χ3v) is 4.26. The van der Waals surface area contributed by atoms with Gasteiger partial charge in [-0.2, -0.15) is 0 Å².